The second kappa shape index (κ2) is 8.36. The van der Waals surface area contributed by atoms with Gasteiger partial charge in [-0.25, -0.2) is 4.98 Å². The fourth-order valence-electron chi connectivity index (χ4n) is 3.77. The quantitative estimate of drug-likeness (QED) is 0.419. The Morgan fingerprint density at radius 2 is 1.70 bits per heavy atom. The van der Waals surface area contributed by atoms with E-state index in [1.165, 1.54) is 0 Å². The van der Waals surface area contributed by atoms with Crippen molar-refractivity contribution in [3.63, 3.8) is 0 Å². The zero-order chi connectivity index (χ0) is 22.0. The van der Waals surface area contributed by atoms with E-state index in [1.54, 1.807) is 6.26 Å². The van der Waals surface area contributed by atoms with E-state index in [4.69, 9.17) is 9.15 Å². The largest absolute Gasteiger partial charge is 0.461 e. The van der Waals surface area contributed by atoms with Crippen LogP contribution in [-0.4, -0.2) is 51.2 Å². The first kappa shape index (κ1) is 19.4. The Hall–Kier alpha value is -4.24. The van der Waals surface area contributed by atoms with Gasteiger partial charge >= 0.3 is 0 Å². The first-order valence-corrected chi connectivity index (χ1v) is 10.8. The Morgan fingerprint density at radius 1 is 0.848 bits per heavy atom. The van der Waals surface area contributed by atoms with E-state index in [0.29, 0.717) is 36.7 Å². The van der Waals surface area contributed by atoms with Crippen molar-refractivity contribution in [2.24, 2.45) is 0 Å². The molecule has 0 radical (unpaired) electrons. The van der Waals surface area contributed by atoms with Crippen LogP contribution in [0.3, 0.4) is 0 Å². The van der Waals surface area contributed by atoms with E-state index in [9.17, 15) is 0 Å². The fraction of sp³-hybridized carbons (Fsp3) is 0.167. The lowest BCUT2D eigenvalue weighted by Crippen LogP contribution is -2.37. The number of nitrogens with one attached hydrogen (secondary N) is 2. The maximum absolute atomic E-state index is 5.52. The summed E-state index contributed by atoms with van der Waals surface area (Å²) in [5, 5.41) is 3.30. The first-order chi connectivity index (χ1) is 16.3. The summed E-state index contributed by atoms with van der Waals surface area (Å²) in [7, 11) is 0. The van der Waals surface area contributed by atoms with Crippen LogP contribution >= 0.6 is 0 Å². The minimum absolute atomic E-state index is 0.453. The fourth-order valence-corrected chi connectivity index (χ4v) is 3.77. The van der Waals surface area contributed by atoms with Crippen LogP contribution in [0.25, 0.3) is 34.0 Å². The van der Waals surface area contributed by atoms with Gasteiger partial charge in [-0.15, -0.1) is 0 Å². The van der Waals surface area contributed by atoms with Crippen LogP contribution in [0.15, 0.2) is 71.3 Å². The summed E-state index contributed by atoms with van der Waals surface area (Å²) in [4.78, 5) is 24.0. The topological polar surface area (TPSA) is 105 Å². The summed E-state index contributed by atoms with van der Waals surface area (Å²) in [6.07, 6.45) is 1.61. The number of rotatable bonds is 5. The molecule has 0 unspecified atom stereocenters. The number of hydrogen-bond donors (Lipinski definition) is 2. The monoisotopic (exact) mass is 439 g/mol. The molecule has 2 N–H and O–H groups in total. The standard InChI is InChI=1S/C24H21N7O2/c1-2-5-19-18(4-1)26-21(27-19)16-7-9-17(10-8-16)25-23-28-22(20-6-3-13-33-20)29-24(30-23)31-11-14-32-15-12-31/h1-10,13H,11-12,14-15H2,(H,26,27)(H,25,28,29,30). The third-order valence-electron chi connectivity index (χ3n) is 5.46. The summed E-state index contributed by atoms with van der Waals surface area (Å²) >= 11 is 0. The molecule has 0 saturated carbocycles. The molecule has 1 aliphatic rings. The van der Waals surface area contributed by atoms with Crippen molar-refractivity contribution in [2.75, 3.05) is 36.5 Å². The number of morpholine rings is 1. The highest BCUT2D eigenvalue weighted by atomic mass is 16.5. The van der Waals surface area contributed by atoms with E-state index in [0.717, 1.165) is 41.2 Å². The summed E-state index contributed by atoms with van der Waals surface area (Å²) in [6, 6.07) is 19.6. The van der Waals surface area contributed by atoms with Gasteiger partial charge in [-0.1, -0.05) is 12.1 Å². The van der Waals surface area contributed by atoms with Crippen molar-refractivity contribution < 1.29 is 9.15 Å². The molecule has 9 heteroatoms. The number of aromatic amines is 1. The molecule has 33 heavy (non-hydrogen) atoms. The predicted molar refractivity (Wildman–Crippen MR) is 125 cm³/mol. The highest BCUT2D eigenvalue weighted by Gasteiger charge is 2.18. The Kier molecular flexibility index (Phi) is 4.93. The van der Waals surface area contributed by atoms with Crippen LogP contribution < -0.4 is 10.2 Å². The van der Waals surface area contributed by atoms with Gasteiger partial charge < -0.3 is 24.4 Å². The summed E-state index contributed by atoms with van der Waals surface area (Å²) < 4.78 is 11.0. The van der Waals surface area contributed by atoms with Crippen LogP contribution in [0, 0.1) is 0 Å². The van der Waals surface area contributed by atoms with E-state index < -0.39 is 0 Å². The van der Waals surface area contributed by atoms with E-state index in [1.807, 2.05) is 60.7 Å². The minimum Gasteiger partial charge on any atom is -0.461 e. The molecule has 0 atom stereocenters. The van der Waals surface area contributed by atoms with Crippen molar-refractivity contribution in [3.8, 4) is 23.0 Å². The molecule has 3 aromatic heterocycles. The maximum Gasteiger partial charge on any atom is 0.232 e. The number of para-hydroxylation sites is 2. The van der Waals surface area contributed by atoms with E-state index in [2.05, 4.69) is 35.1 Å². The molecule has 0 aliphatic carbocycles. The lowest BCUT2D eigenvalue weighted by molar-refractivity contribution is 0.122. The SMILES string of the molecule is c1coc(-c2nc(Nc3ccc(-c4nc5ccccc5[nH]4)cc3)nc(N3CCOCC3)n2)c1. The van der Waals surface area contributed by atoms with Gasteiger partial charge in [0, 0.05) is 24.3 Å². The zero-order valence-corrected chi connectivity index (χ0v) is 17.7. The van der Waals surface area contributed by atoms with Crippen molar-refractivity contribution in [2.45, 2.75) is 0 Å². The molecule has 2 aromatic carbocycles. The summed E-state index contributed by atoms with van der Waals surface area (Å²) in [6.45, 7) is 2.75. The normalized spacial score (nSPS) is 14.0. The lowest BCUT2D eigenvalue weighted by atomic mass is 10.2. The van der Waals surface area contributed by atoms with Gasteiger partial charge in [0.15, 0.2) is 5.76 Å². The van der Waals surface area contributed by atoms with Gasteiger partial charge in [0.1, 0.15) is 5.82 Å². The molecule has 1 fully saturated rings. The zero-order valence-electron chi connectivity index (χ0n) is 17.7. The third-order valence-corrected chi connectivity index (χ3v) is 5.46. The number of imidazole rings is 1. The smallest absolute Gasteiger partial charge is 0.232 e. The minimum atomic E-state index is 0.453. The molecule has 6 rings (SSSR count). The lowest BCUT2D eigenvalue weighted by Gasteiger charge is -2.27. The number of hydrogen-bond acceptors (Lipinski definition) is 8. The number of nitrogens with zero attached hydrogens (tertiary/aromatic N) is 5. The number of ether oxygens (including phenoxy) is 1. The number of anilines is 3. The second-order valence-electron chi connectivity index (χ2n) is 7.66. The Morgan fingerprint density at radius 3 is 2.48 bits per heavy atom. The molecule has 0 bridgehead atoms. The van der Waals surface area contributed by atoms with Crippen LogP contribution in [0.1, 0.15) is 0 Å². The highest BCUT2D eigenvalue weighted by molar-refractivity contribution is 5.79. The second-order valence-corrected chi connectivity index (χ2v) is 7.66. The Bertz CT molecular complexity index is 1340. The molecule has 164 valence electrons. The molecule has 1 aliphatic heterocycles. The number of furan rings is 1. The molecular formula is C24H21N7O2. The third kappa shape index (κ3) is 4.01. The molecule has 5 aromatic rings. The van der Waals surface area contributed by atoms with Crippen molar-refractivity contribution in [1.29, 1.82) is 0 Å². The van der Waals surface area contributed by atoms with Crippen molar-refractivity contribution >= 4 is 28.6 Å². The average molecular weight is 439 g/mol. The molecule has 0 amide bonds. The van der Waals surface area contributed by atoms with Gasteiger partial charge in [0.2, 0.25) is 17.7 Å². The summed E-state index contributed by atoms with van der Waals surface area (Å²) in [5.74, 6) is 2.96. The van der Waals surface area contributed by atoms with Gasteiger partial charge in [-0.2, -0.15) is 15.0 Å². The number of fused-ring (bicyclic) bond motifs is 1. The number of aromatic nitrogens is 5. The van der Waals surface area contributed by atoms with Gasteiger partial charge in [0.05, 0.1) is 30.5 Å². The van der Waals surface area contributed by atoms with E-state index in [-0.39, 0.29) is 0 Å². The molecular weight excluding hydrogens is 418 g/mol. The van der Waals surface area contributed by atoms with Gasteiger partial charge in [0.25, 0.3) is 0 Å². The highest BCUT2D eigenvalue weighted by Crippen LogP contribution is 2.25. The molecule has 4 heterocycles. The van der Waals surface area contributed by atoms with Crippen LogP contribution in [-0.2, 0) is 4.74 Å². The average Bonchev–Trinajstić information content (AvgIpc) is 3.55. The van der Waals surface area contributed by atoms with Crippen molar-refractivity contribution in [1.82, 2.24) is 24.9 Å². The molecule has 1 saturated heterocycles. The molecule has 0 spiro atoms. The van der Waals surface area contributed by atoms with Gasteiger partial charge in [-0.3, -0.25) is 0 Å². The maximum atomic E-state index is 5.52. The van der Waals surface area contributed by atoms with Crippen molar-refractivity contribution in [3.05, 3.63) is 66.9 Å². The van der Waals surface area contributed by atoms with Gasteiger partial charge in [-0.05, 0) is 48.5 Å². The van der Waals surface area contributed by atoms with Crippen LogP contribution in [0.4, 0.5) is 17.6 Å². The first-order valence-electron chi connectivity index (χ1n) is 10.8. The predicted octanol–water partition coefficient (Wildman–Crippen LogP) is 4.26. The summed E-state index contributed by atoms with van der Waals surface area (Å²) in [5.41, 5.74) is 3.82. The number of H-pyrrole nitrogens is 1. The van der Waals surface area contributed by atoms with E-state index >= 15 is 0 Å². The Labute approximate surface area is 189 Å². The number of benzene rings is 2. The van der Waals surface area contributed by atoms with Crippen LogP contribution in [0.5, 0.6) is 0 Å². The Balaban J connectivity index is 1.29. The molecule has 9 nitrogen and oxygen atoms in total. The van der Waals surface area contributed by atoms with Crippen LogP contribution in [0.2, 0.25) is 0 Å².